The van der Waals surface area contributed by atoms with Gasteiger partial charge in [-0.2, -0.15) is 5.10 Å². The van der Waals surface area contributed by atoms with Crippen LogP contribution in [0.2, 0.25) is 0 Å². The zero-order valence-corrected chi connectivity index (χ0v) is 15.4. The number of phenols is 2. The molecule has 1 aliphatic rings. The Morgan fingerprint density at radius 2 is 1.86 bits per heavy atom. The number of hydrogen-bond acceptors (Lipinski definition) is 7. The Morgan fingerprint density at radius 3 is 2.61 bits per heavy atom. The molecule has 0 atom stereocenters. The van der Waals surface area contributed by atoms with Gasteiger partial charge in [0.05, 0.1) is 17.5 Å². The molecule has 3 aromatic rings. The van der Waals surface area contributed by atoms with Crippen LogP contribution >= 0.6 is 11.3 Å². The summed E-state index contributed by atoms with van der Waals surface area (Å²) in [4.78, 5) is 4.56. The molecule has 0 aliphatic carbocycles. The SMILES string of the molecule is N=C1C(c2nc(-c3ccccc3)cs2)=C(O)CN1/N=C\c1ccc(O)c(O)c1. The topological polar surface area (TPSA) is 113 Å². The number of hydrazone groups is 1. The van der Waals surface area contributed by atoms with Crippen LogP contribution in [0.3, 0.4) is 0 Å². The lowest BCUT2D eigenvalue weighted by molar-refractivity contribution is 0.358. The first-order valence-corrected chi connectivity index (χ1v) is 9.27. The lowest BCUT2D eigenvalue weighted by Gasteiger charge is -2.11. The number of nitrogens with zero attached hydrogens (tertiary/aromatic N) is 3. The van der Waals surface area contributed by atoms with Gasteiger partial charge in [0.2, 0.25) is 0 Å². The highest BCUT2D eigenvalue weighted by Gasteiger charge is 2.30. The first-order chi connectivity index (χ1) is 13.5. The Kier molecular flexibility index (Phi) is 4.54. The molecule has 1 aliphatic heterocycles. The van der Waals surface area contributed by atoms with Crippen molar-refractivity contribution in [3.63, 3.8) is 0 Å². The number of aliphatic hydroxyl groups excluding tert-OH is 1. The molecule has 28 heavy (non-hydrogen) atoms. The maximum Gasteiger partial charge on any atom is 0.158 e. The highest BCUT2D eigenvalue weighted by molar-refractivity contribution is 7.11. The van der Waals surface area contributed by atoms with E-state index in [0.29, 0.717) is 16.1 Å². The Balaban J connectivity index is 1.55. The van der Waals surface area contributed by atoms with Crippen LogP contribution in [0.25, 0.3) is 16.8 Å². The zero-order chi connectivity index (χ0) is 19.7. The third kappa shape index (κ3) is 3.33. The summed E-state index contributed by atoms with van der Waals surface area (Å²) in [5, 5.41) is 45.6. The lowest BCUT2D eigenvalue weighted by Crippen LogP contribution is -2.20. The van der Waals surface area contributed by atoms with Gasteiger partial charge in [-0.25, -0.2) is 9.99 Å². The highest BCUT2D eigenvalue weighted by Crippen LogP contribution is 2.32. The van der Waals surface area contributed by atoms with Crippen molar-refractivity contribution in [1.29, 1.82) is 5.41 Å². The third-order valence-electron chi connectivity index (χ3n) is 4.22. The highest BCUT2D eigenvalue weighted by atomic mass is 32.1. The molecule has 0 bridgehead atoms. The largest absolute Gasteiger partial charge is 0.509 e. The number of aromatic hydroxyl groups is 2. The molecule has 2 heterocycles. The summed E-state index contributed by atoms with van der Waals surface area (Å²) < 4.78 is 0. The van der Waals surface area contributed by atoms with Crippen LogP contribution in [-0.4, -0.2) is 43.9 Å². The molecule has 0 saturated heterocycles. The van der Waals surface area contributed by atoms with Crippen molar-refractivity contribution in [2.24, 2.45) is 5.10 Å². The van der Waals surface area contributed by atoms with Gasteiger partial charge >= 0.3 is 0 Å². The average Bonchev–Trinajstić information content (AvgIpc) is 3.28. The summed E-state index contributed by atoms with van der Waals surface area (Å²) in [7, 11) is 0. The second-order valence-corrected chi connectivity index (χ2v) is 6.98. The summed E-state index contributed by atoms with van der Waals surface area (Å²) in [5.74, 6) is -0.389. The molecule has 2 aromatic carbocycles. The van der Waals surface area contributed by atoms with Gasteiger partial charge in [0.1, 0.15) is 17.3 Å². The van der Waals surface area contributed by atoms with Crippen molar-refractivity contribution in [1.82, 2.24) is 9.99 Å². The zero-order valence-electron chi connectivity index (χ0n) is 14.6. The molecule has 0 amide bonds. The van der Waals surface area contributed by atoms with Gasteiger partial charge in [-0.3, -0.25) is 5.41 Å². The first kappa shape index (κ1) is 17.7. The monoisotopic (exact) mass is 392 g/mol. The van der Waals surface area contributed by atoms with Crippen LogP contribution in [0.1, 0.15) is 10.6 Å². The first-order valence-electron chi connectivity index (χ1n) is 8.39. The normalized spacial score (nSPS) is 14.4. The molecule has 1 aromatic heterocycles. The molecule has 0 spiro atoms. The number of rotatable bonds is 4. The van der Waals surface area contributed by atoms with E-state index in [0.717, 1.165) is 11.3 Å². The molecule has 0 radical (unpaired) electrons. The van der Waals surface area contributed by atoms with Crippen LogP contribution in [-0.2, 0) is 0 Å². The fourth-order valence-corrected chi connectivity index (χ4v) is 3.67. The van der Waals surface area contributed by atoms with Crippen molar-refractivity contribution in [2.45, 2.75) is 0 Å². The van der Waals surface area contributed by atoms with Gasteiger partial charge < -0.3 is 15.3 Å². The molecular formula is C20H16N4O3S. The lowest BCUT2D eigenvalue weighted by atomic mass is 10.2. The van der Waals surface area contributed by atoms with Crippen molar-refractivity contribution in [2.75, 3.05) is 6.54 Å². The van der Waals surface area contributed by atoms with E-state index in [1.807, 2.05) is 35.7 Å². The van der Waals surface area contributed by atoms with E-state index in [1.54, 1.807) is 6.07 Å². The summed E-state index contributed by atoms with van der Waals surface area (Å²) in [6.45, 7) is 0.0645. The van der Waals surface area contributed by atoms with E-state index in [4.69, 9.17) is 5.41 Å². The average molecular weight is 392 g/mol. The number of thiazole rings is 1. The van der Waals surface area contributed by atoms with Gasteiger partial charge in [-0.1, -0.05) is 30.3 Å². The minimum absolute atomic E-state index is 0.0321. The van der Waals surface area contributed by atoms with Crippen molar-refractivity contribution >= 4 is 29.0 Å². The Hall–Kier alpha value is -3.65. The molecule has 8 heteroatoms. The van der Waals surface area contributed by atoms with E-state index in [1.165, 1.54) is 34.7 Å². The minimum atomic E-state index is -0.252. The summed E-state index contributed by atoms with van der Waals surface area (Å²) in [6.07, 6.45) is 1.45. The Morgan fingerprint density at radius 1 is 1.07 bits per heavy atom. The molecule has 4 rings (SSSR count). The van der Waals surface area contributed by atoms with E-state index in [9.17, 15) is 15.3 Å². The quantitative estimate of drug-likeness (QED) is 0.398. The fraction of sp³-hybridized carbons (Fsp3) is 0.0500. The van der Waals surface area contributed by atoms with Crippen molar-refractivity contribution in [3.05, 3.63) is 70.2 Å². The van der Waals surface area contributed by atoms with E-state index in [2.05, 4.69) is 10.1 Å². The number of nitrogens with one attached hydrogen (secondary N) is 1. The molecule has 0 saturated carbocycles. The second kappa shape index (κ2) is 7.16. The predicted molar refractivity (Wildman–Crippen MR) is 109 cm³/mol. The summed E-state index contributed by atoms with van der Waals surface area (Å²) >= 11 is 1.36. The van der Waals surface area contributed by atoms with Crippen LogP contribution in [0.15, 0.2) is 64.8 Å². The number of benzene rings is 2. The van der Waals surface area contributed by atoms with Gasteiger partial charge in [0.15, 0.2) is 17.3 Å². The predicted octanol–water partition coefficient (Wildman–Crippen LogP) is 3.82. The number of amidine groups is 1. The molecule has 0 fully saturated rings. The number of phenolic OH excluding ortho intramolecular Hbond substituents is 2. The van der Waals surface area contributed by atoms with Gasteiger partial charge in [0.25, 0.3) is 0 Å². The number of aromatic nitrogens is 1. The molecular weight excluding hydrogens is 376 g/mol. The van der Waals surface area contributed by atoms with Crippen LogP contribution in [0.4, 0.5) is 0 Å². The molecule has 7 nitrogen and oxygen atoms in total. The minimum Gasteiger partial charge on any atom is -0.509 e. The standard InChI is InChI=1S/C20H16N4O3S/c21-19-18(20-23-14(11-28-20)13-4-2-1-3-5-13)17(27)10-24(19)22-9-12-6-7-15(25)16(26)8-12/h1-9,11,21,25-27H,10H2/b21-19?,22-9-. The van der Waals surface area contributed by atoms with E-state index >= 15 is 0 Å². The fourth-order valence-electron chi connectivity index (χ4n) is 2.78. The van der Waals surface area contributed by atoms with Crippen molar-refractivity contribution in [3.8, 4) is 22.8 Å². The molecule has 140 valence electrons. The van der Waals surface area contributed by atoms with Crippen LogP contribution in [0.5, 0.6) is 11.5 Å². The van der Waals surface area contributed by atoms with Crippen molar-refractivity contribution < 1.29 is 15.3 Å². The van der Waals surface area contributed by atoms with Gasteiger partial charge in [0, 0.05) is 10.9 Å². The molecule has 0 unspecified atom stereocenters. The van der Waals surface area contributed by atoms with E-state index < -0.39 is 0 Å². The van der Waals surface area contributed by atoms with Gasteiger partial charge in [-0.15, -0.1) is 11.3 Å². The van der Waals surface area contributed by atoms with Crippen LogP contribution < -0.4 is 0 Å². The number of aliphatic hydroxyl groups is 1. The Labute approximate surface area is 164 Å². The smallest absolute Gasteiger partial charge is 0.158 e. The van der Waals surface area contributed by atoms with Crippen LogP contribution in [0, 0.1) is 5.41 Å². The maximum atomic E-state index is 10.4. The summed E-state index contributed by atoms with van der Waals surface area (Å²) in [6, 6.07) is 14.0. The second-order valence-electron chi connectivity index (χ2n) is 6.12. The van der Waals surface area contributed by atoms with E-state index in [-0.39, 0.29) is 29.6 Å². The number of hydrogen-bond donors (Lipinski definition) is 4. The third-order valence-corrected chi connectivity index (χ3v) is 5.08. The van der Waals surface area contributed by atoms with Gasteiger partial charge in [-0.05, 0) is 23.8 Å². The Bertz CT molecular complexity index is 1110. The molecule has 4 N–H and O–H groups in total. The maximum absolute atomic E-state index is 10.4. The summed E-state index contributed by atoms with van der Waals surface area (Å²) in [5.41, 5.74) is 2.67.